The maximum atomic E-state index is 11.8. The number of benzene rings is 1. The second-order valence-electron chi connectivity index (χ2n) is 8.26. The lowest BCUT2D eigenvalue weighted by atomic mass is 10.1. The molecule has 0 bridgehead atoms. The van der Waals surface area contributed by atoms with E-state index in [0.29, 0.717) is 11.3 Å². The lowest BCUT2D eigenvalue weighted by Crippen LogP contribution is -2.44. The number of alkyl carbamates (subject to hydrolysis) is 1. The van der Waals surface area contributed by atoms with Gasteiger partial charge < -0.3 is 24.6 Å². The molecule has 0 heterocycles. The highest BCUT2D eigenvalue weighted by Gasteiger charge is 2.24. The third kappa shape index (κ3) is 9.80. The molecule has 0 aromatic heterocycles. The number of hydrogen-bond donors (Lipinski definition) is 2. The van der Waals surface area contributed by atoms with Crippen LogP contribution in [0.3, 0.4) is 0 Å². The van der Waals surface area contributed by atoms with Crippen LogP contribution in [0.2, 0.25) is 0 Å². The second kappa shape index (κ2) is 9.43. The predicted octanol–water partition coefficient (Wildman–Crippen LogP) is 2.93. The van der Waals surface area contributed by atoms with Gasteiger partial charge in [0.05, 0.1) is 0 Å². The van der Waals surface area contributed by atoms with E-state index in [4.69, 9.17) is 14.2 Å². The van der Waals surface area contributed by atoms with E-state index in [-0.39, 0.29) is 13.0 Å². The average molecular weight is 395 g/mol. The van der Waals surface area contributed by atoms with E-state index in [1.54, 1.807) is 65.8 Å². The topological polar surface area (TPSA) is 111 Å². The monoisotopic (exact) mass is 395 g/mol. The molecule has 2 N–H and O–H groups in total. The maximum absolute atomic E-state index is 11.8. The molecule has 0 fully saturated rings. The molecular weight excluding hydrogens is 366 g/mol. The predicted molar refractivity (Wildman–Crippen MR) is 102 cm³/mol. The number of aliphatic carboxylic acids is 1. The van der Waals surface area contributed by atoms with Gasteiger partial charge in [0.25, 0.3) is 0 Å². The molecule has 28 heavy (non-hydrogen) atoms. The molecule has 8 heteroatoms. The lowest BCUT2D eigenvalue weighted by Gasteiger charge is -2.22. The lowest BCUT2D eigenvalue weighted by molar-refractivity contribution is -0.157. The molecule has 156 valence electrons. The van der Waals surface area contributed by atoms with E-state index >= 15 is 0 Å². The van der Waals surface area contributed by atoms with E-state index in [1.165, 1.54) is 0 Å². The number of rotatable bonds is 7. The zero-order valence-electron chi connectivity index (χ0n) is 17.2. The molecular formula is C20H29NO7. The van der Waals surface area contributed by atoms with Gasteiger partial charge in [-0.15, -0.1) is 0 Å². The van der Waals surface area contributed by atoms with E-state index in [1.807, 2.05) is 0 Å². The molecule has 0 spiro atoms. The fourth-order valence-corrected chi connectivity index (χ4v) is 2.16. The van der Waals surface area contributed by atoms with Crippen LogP contribution >= 0.6 is 0 Å². The number of ether oxygens (including phenoxy) is 3. The smallest absolute Gasteiger partial charge is 0.408 e. The summed E-state index contributed by atoms with van der Waals surface area (Å²) >= 11 is 0. The van der Waals surface area contributed by atoms with E-state index in [0.717, 1.165) is 0 Å². The molecule has 1 aromatic carbocycles. The van der Waals surface area contributed by atoms with Crippen molar-refractivity contribution >= 4 is 18.0 Å². The van der Waals surface area contributed by atoms with Crippen molar-refractivity contribution in [3.05, 3.63) is 29.8 Å². The number of carbonyl (C=O) groups excluding carboxylic acids is 2. The fourth-order valence-electron chi connectivity index (χ4n) is 2.16. The molecule has 0 radical (unpaired) electrons. The van der Waals surface area contributed by atoms with Crippen LogP contribution in [0.15, 0.2) is 24.3 Å². The molecule has 0 aliphatic rings. The third-order valence-corrected chi connectivity index (χ3v) is 3.10. The Kier molecular flexibility index (Phi) is 7.84. The fraction of sp³-hybridized carbons (Fsp3) is 0.550. The molecule has 1 rings (SSSR count). The number of nitrogens with one attached hydrogen (secondary N) is 1. The van der Waals surface area contributed by atoms with Gasteiger partial charge in [0.2, 0.25) is 0 Å². The van der Waals surface area contributed by atoms with Crippen molar-refractivity contribution in [2.75, 3.05) is 6.61 Å². The highest BCUT2D eigenvalue weighted by molar-refractivity contribution is 5.80. The van der Waals surface area contributed by atoms with Crippen LogP contribution in [-0.2, 0) is 25.5 Å². The molecule has 8 nitrogen and oxygen atoms in total. The first kappa shape index (κ1) is 23.3. The van der Waals surface area contributed by atoms with Crippen LogP contribution in [0.4, 0.5) is 4.79 Å². The first-order chi connectivity index (χ1) is 12.7. The summed E-state index contributed by atoms with van der Waals surface area (Å²) in [4.78, 5) is 35.1. The third-order valence-electron chi connectivity index (χ3n) is 3.10. The Morgan fingerprint density at radius 3 is 2.18 bits per heavy atom. The average Bonchev–Trinajstić information content (AvgIpc) is 2.49. The van der Waals surface area contributed by atoms with Crippen molar-refractivity contribution in [3.8, 4) is 5.75 Å². The van der Waals surface area contributed by atoms with Crippen LogP contribution in [0.1, 0.15) is 47.1 Å². The molecule has 1 aromatic rings. The second-order valence-corrected chi connectivity index (χ2v) is 8.26. The minimum Gasteiger partial charge on any atom is -0.482 e. The van der Waals surface area contributed by atoms with Crippen LogP contribution < -0.4 is 10.1 Å². The van der Waals surface area contributed by atoms with Crippen molar-refractivity contribution in [3.63, 3.8) is 0 Å². The van der Waals surface area contributed by atoms with Gasteiger partial charge in [0.15, 0.2) is 6.61 Å². The van der Waals surface area contributed by atoms with Gasteiger partial charge in [-0.1, -0.05) is 12.1 Å². The highest BCUT2D eigenvalue weighted by Crippen LogP contribution is 2.16. The molecule has 1 atom stereocenters. The van der Waals surface area contributed by atoms with Gasteiger partial charge in [-0.25, -0.2) is 14.4 Å². The SMILES string of the molecule is CC(C)(C)OC(=O)COc1cccc(CC(NC(=O)OC(C)(C)C)C(=O)O)c1. The molecule has 1 unspecified atom stereocenters. The summed E-state index contributed by atoms with van der Waals surface area (Å²) in [5.74, 6) is -1.30. The summed E-state index contributed by atoms with van der Waals surface area (Å²) in [6, 6.07) is 5.46. The van der Waals surface area contributed by atoms with Crippen LogP contribution in [-0.4, -0.2) is 47.0 Å². The van der Waals surface area contributed by atoms with Gasteiger partial charge >= 0.3 is 18.0 Å². The normalized spacial score (nSPS) is 12.6. The summed E-state index contributed by atoms with van der Waals surface area (Å²) in [6.45, 7) is 10.1. The van der Waals surface area contributed by atoms with E-state index < -0.39 is 35.3 Å². The van der Waals surface area contributed by atoms with E-state index in [2.05, 4.69) is 5.32 Å². The summed E-state index contributed by atoms with van der Waals surface area (Å²) < 4.78 is 15.7. The number of carbonyl (C=O) groups is 3. The van der Waals surface area contributed by atoms with Gasteiger partial charge in [-0.3, -0.25) is 0 Å². The largest absolute Gasteiger partial charge is 0.482 e. The van der Waals surface area contributed by atoms with Crippen LogP contribution in [0.25, 0.3) is 0 Å². The minimum absolute atomic E-state index is 0.0260. The Bertz CT molecular complexity index is 701. The number of carboxylic acid groups (broad SMARTS) is 1. The van der Waals surface area contributed by atoms with Crippen molar-refractivity contribution in [1.82, 2.24) is 5.32 Å². The van der Waals surface area contributed by atoms with Crippen LogP contribution in [0.5, 0.6) is 5.75 Å². The Labute approximate surface area is 165 Å². The Hall–Kier alpha value is -2.77. The van der Waals surface area contributed by atoms with E-state index in [9.17, 15) is 19.5 Å². The van der Waals surface area contributed by atoms with Crippen molar-refractivity contribution in [2.45, 2.75) is 65.2 Å². The minimum atomic E-state index is -1.19. The van der Waals surface area contributed by atoms with Gasteiger partial charge in [-0.2, -0.15) is 0 Å². The Morgan fingerprint density at radius 2 is 1.64 bits per heavy atom. The Balaban J connectivity index is 2.71. The molecule has 0 saturated carbocycles. The van der Waals surface area contributed by atoms with Crippen LogP contribution in [0, 0.1) is 0 Å². The van der Waals surface area contributed by atoms with Crippen molar-refractivity contribution in [2.24, 2.45) is 0 Å². The number of esters is 1. The highest BCUT2D eigenvalue weighted by atomic mass is 16.6. The van der Waals surface area contributed by atoms with Gasteiger partial charge in [0.1, 0.15) is 23.0 Å². The molecule has 0 aliphatic heterocycles. The summed E-state index contributed by atoms with van der Waals surface area (Å²) in [7, 11) is 0. The maximum Gasteiger partial charge on any atom is 0.408 e. The first-order valence-electron chi connectivity index (χ1n) is 8.91. The standard InChI is InChI=1S/C20H29NO7/c1-19(2,3)27-16(22)12-26-14-9-7-8-13(10-14)11-15(17(23)24)21-18(25)28-20(4,5)6/h7-10,15H,11-12H2,1-6H3,(H,21,25)(H,23,24). The van der Waals surface area contributed by atoms with Gasteiger partial charge in [-0.05, 0) is 59.2 Å². The molecule has 0 aliphatic carbocycles. The summed E-state index contributed by atoms with van der Waals surface area (Å²) in [5, 5.41) is 11.7. The van der Waals surface area contributed by atoms with Crippen molar-refractivity contribution < 1.29 is 33.7 Å². The zero-order chi connectivity index (χ0) is 21.5. The molecule has 1 amide bonds. The summed E-state index contributed by atoms with van der Waals surface area (Å²) in [5.41, 5.74) is -0.725. The molecule has 0 saturated heterocycles. The van der Waals surface area contributed by atoms with Gasteiger partial charge in [0, 0.05) is 6.42 Å². The number of amides is 1. The number of carboxylic acids is 1. The Morgan fingerprint density at radius 1 is 1.04 bits per heavy atom. The number of hydrogen-bond acceptors (Lipinski definition) is 6. The zero-order valence-corrected chi connectivity index (χ0v) is 17.2. The first-order valence-corrected chi connectivity index (χ1v) is 8.91. The quantitative estimate of drug-likeness (QED) is 0.683. The van der Waals surface area contributed by atoms with Crippen molar-refractivity contribution in [1.29, 1.82) is 0 Å². The summed E-state index contributed by atoms with van der Waals surface area (Å²) in [6.07, 6.45) is -0.782.